The normalized spacial score (nSPS) is 11.8. The number of benzene rings is 1. The van der Waals surface area contributed by atoms with Crippen molar-refractivity contribution in [3.05, 3.63) is 29.3 Å². The Morgan fingerprint density at radius 2 is 1.77 bits per heavy atom. The zero-order valence-electron chi connectivity index (χ0n) is 9.14. The molecule has 1 rings (SSSR count). The standard InChI is InChI=1S/C12H18S/c1-9-7-6-8-10(11(9)13-5)12(2,3)4/h6-8H,1-5H3. The average molecular weight is 194 g/mol. The van der Waals surface area contributed by atoms with Crippen LogP contribution < -0.4 is 0 Å². The average Bonchev–Trinajstić information content (AvgIpc) is 2.02. The van der Waals surface area contributed by atoms with Gasteiger partial charge in [-0.1, -0.05) is 39.0 Å². The Kier molecular flexibility index (Phi) is 3.07. The van der Waals surface area contributed by atoms with Gasteiger partial charge < -0.3 is 0 Å². The lowest BCUT2D eigenvalue weighted by molar-refractivity contribution is 0.577. The van der Waals surface area contributed by atoms with Gasteiger partial charge in [0.15, 0.2) is 0 Å². The maximum atomic E-state index is 2.27. The number of aryl methyl sites for hydroxylation is 1. The highest BCUT2D eigenvalue weighted by Crippen LogP contribution is 2.33. The Morgan fingerprint density at radius 1 is 1.15 bits per heavy atom. The molecule has 0 amide bonds. The summed E-state index contributed by atoms with van der Waals surface area (Å²) in [6.45, 7) is 8.98. The molecule has 0 aliphatic carbocycles. The van der Waals surface area contributed by atoms with Crippen molar-refractivity contribution >= 4 is 11.8 Å². The molecular weight excluding hydrogens is 176 g/mol. The highest BCUT2D eigenvalue weighted by molar-refractivity contribution is 7.98. The van der Waals surface area contributed by atoms with Crippen LogP contribution in [0.25, 0.3) is 0 Å². The monoisotopic (exact) mass is 194 g/mol. The Balaban J connectivity index is 3.29. The third kappa shape index (κ3) is 2.28. The first-order valence-electron chi connectivity index (χ1n) is 4.61. The summed E-state index contributed by atoms with van der Waals surface area (Å²) in [5.74, 6) is 0. The second kappa shape index (κ2) is 3.75. The first-order chi connectivity index (χ1) is 5.96. The van der Waals surface area contributed by atoms with Crippen LogP contribution >= 0.6 is 11.8 Å². The van der Waals surface area contributed by atoms with Gasteiger partial charge in [-0.15, -0.1) is 11.8 Å². The molecule has 0 unspecified atom stereocenters. The van der Waals surface area contributed by atoms with Gasteiger partial charge in [0.25, 0.3) is 0 Å². The fourth-order valence-electron chi connectivity index (χ4n) is 1.51. The molecule has 0 aromatic heterocycles. The van der Waals surface area contributed by atoms with E-state index in [0.717, 1.165) is 0 Å². The highest BCUT2D eigenvalue weighted by atomic mass is 32.2. The molecule has 72 valence electrons. The topological polar surface area (TPSA) is 0 Å². The van der Waals surface area contributed by atoms with Crippen molar-refractivity contribution in [2.75, 3.05) is 6.26 Å². The fourth-order valence-corrected chi connectivity index (χ4v) is 2.50. The summed E-state index contributed by atoms with van der Waals surface area (Å²) in [6, 6.07) is 6.57. The van der Waals surface area contributed by atoms with Crippen molar-refractivity contribution in [3.8, 4) is 0 Å². The van der Waals surface area contributed by atoms with Crippen LogP contribution in [0.4, 0.5) is 0 Å². The van der Waals surface area contributed by atoms with Crippen LogP contribution in [-0.2, 0) is 5.41 Å². The molecule has 0 heterocycles. The van der Waals surface area contributed by atoms with Crippen LogP contribution in [0.1, 0.15) is 31.9 Å². The van der Waals surface area contributed by atoms with E-state index in [1.165, 1.54) is 16.0 Å². The number of hydrogen-bond donors (Lipinski definition) is 0. The van der Waals surface area contributed by atoms with E-state index in [-0.39, 0.29) is 5.41 Å². The summed E-state index contributed by atoms with van der Waals surface area (Å²) in [6.07, 6.45) is 2.15. The van der Waals surface area contributed by atoms with Crippen molar-refractivity contribution in [2.24, 2.45) is 0 Å². The van der Waals surface area contributed by atoms with E-state index in [9.17, 15) is 0 Å². The molecule has 1 aromatic carbocycles. The minimum absolute atomic E-state index is 0.254. The lowest BCUT2D eigenvalue weighted by Crippen LogP contribution is -2.12. The summed E-state index contributed by atoms with van der Waals surface area (Å²) in [5.41, 5.74) is 3.10. The van der Waals surface area contributed by atoms with Gasteiger partial charge in [0, 0.05) is 4.90 Å². The number of thioether (sulfide) groups is 1. The first kappa shape index (κ1) is 10.6. The Morgan fingerprint density at radius 3 is 2.15 bits per heavy atom. The summed E-state index contributed by atoms with van der Waals surface area (Å²) >= 11 is 1.85. The summed E-state index contributed by atoms with van der Waals surface area (Å²) in [4.78, 5) is 1.44. The Bertz CT molecular complexity index is 294. The SMILES string of the molecule is CSc1c(C)cccc1C(C)(C)C. The third-order valence-electron chi connectivity index (χ3n) is 2.22. The van der Waals surface area contributed by atoms with Gasteiger partial charge in [0.1, 0.15) is 0 Å². The molecular formula is C12H18S. The maximum Gasteiger partial charge on any atom is 0.0136 e. The molecule has 0 bridgehead atoms. The van der Waals surface area contributed by atoms with Crippen LogP contribution in [0, 0.1) is 6.92 Å². The minimum Gasteiger partial charge on any atom is -0.129 e. The van der Waals surface area contributed by atoms with E-state index in [4.69, 9.17) is 0 Å². The van der Waals surface area contributed by atoms with E-state index in [1.807, 2.05) is 11.8 Å². The van der Waals surface area contributed by atoms with Gasteiger partial charge in [-0.3, -0.25) is 0 Å². The van der Waals surface area contributed by atoms with Crippen LogP contribution in [0.5, 0.6) is 0 Å². The molecule has 0 fully saturated rings. The molecule has 13 heavy (non-hydrogen) atoms. The number of rotatable bonds is 1. The van der Waals surface area contributed by atoms with Crippen LogP contribution in [0.3, 0.4) is 0 Å². The lowest BCUT2D eigenvalue weighted by Gasteiger charge is -2.23. The molecule has 1 aromatic rings. The second-order valence-electron chi connectivity index (χ2n) is 4.41. The van der Waals surface area contributed by atoms with Crippen molar-refractivity contribution < 1.29 is 0 Å². The van der Waals surface area contributed by atoms with Crippen molar-refractivity contribution in [2.45, 2.75) is 38.0 Å². The van der Waals surface area contributed by atoms with E-state index in [2.05, 4.69) is 52.1 Å². The summed E-state index contributed by atoms with van der Waals surface area (Å²) < 4.78 is 0. The maximum absolute atomic E-state index is 2.27. The van der Waals surface area contributed by atoms with Crippen molar-refractivity contribution in [1.82, 2.24) is 0 Å². The zero-order valence-corrected chi connectivity index (χ0v) is 9.96. The molecule has 0 saturated carbocycles. The van der Waals surface area contributed by atoms with E-state index < -0.39 is 0 Å². The fraction of sp³-hybridized carbons (Fsp3) is 0.500. The molecule has 0 N–H and O–H groups in total. The van der Waals surface area contributed by atoms with Gasteiger partial charge in [0.05, 0.1) is 0 Å². The molecule has 0 radical (unpaired) electrons. The lowest BCUT2D eigenvalue weighted by atomic mass is 9.86. The minimum atomic E-state index is 0.254. The van der Waals surface area contributed by atoms with Gasteiger partial charge in [-0.05, 0) is 29.7 Å². The predicted octanol–water partition coefficient (Wildman–Crippen LogP) is 4.01. The van der Waals surface area contributed by atoms with E-state index in [0.29, 0.717) is 0 Å². The predicted molar refractivity (Wildman–Crippen MR) is 61.7 cm³/mol. The van der Waals surface area contributed by atoms with Crippen LogP contribution in [0.15, 0.2) is 23.1 Å². The second-order valence-corrected chi connectivity index (χ2v) is 5.22. The quantitative estimate of drug-likeness (QED) is 0.609. The van der Waals surface area contributed by atoms with Crippen molar-refractivity contribution in [1.29, 1.82) is 0 Å². The molecule has 0 nitrogen and oxygen atoms in total. The van der Waals surface area contributed by atoms with Crippen LogP contribution in [0.2, 0.25) is 0 Å². The molecule has 0 spiro atoms. The van der Waals surface area contributed by atoms with Gasteiger partial charge in [0.2, 0.25) is 0 Å². The smallest absolute Gasteiger partial charge is 0.0136 e. The Labute approximate surface area is 85.7 Å². The van der Waals surface area contributed by atoms with Gasteiger partial charge >= 0.3 is 0 Å². The van der Waals surface area contributed by atoms with Gasteiger partial charge in [-0.25, -0.2) is 0 Å². The Hall–Kier alpha value is -0.430. The molecule has 0 saturated heterocycles. The van der Waals surface area contributed by atoms with Crippen molar-refractivity contribution in [3.63, 3.8) is 0 Å². The third-order valence-corrected chi connectivity index (χ3v) is 3.17. The van der Waals surface area contributed by atoms with E-state index >= 15 is 0 Å². The molecule has 0 atom stereocenters. The zero-order chi connectivity index (χ0) is 10.1. The van der Waals surface area contributed by atoms with Gasteiger partial charge in [-0.2, -0.15) is 0 Å². The molecule has 0 aliphatic rings. The largest absolute Gasteiger partial charge is 0.129 e. The highest BCUT2D eigenvalue weighted by Gasteiger charge is 2.17. The molecule has 0 aliphatic heterocycles. The van der Waals surface area contributed by atoms with Crippen LogP contribution in [-0.4, -0.2) is 6.26 Å². The molecule has 1 heteroatoms. The number of hydrogen-bond acceptors (Lipinski definition) is 1. The first-order valence-corrected chi connectivity index (χ1v) is 5.83. The summed E-state index contributed by atoms with van der Waals surface area (Å²) in [7, 11) is 0. The van der Waals surface area contributed by atoms with E-state index in [1.54, 1.807) is 0 Å². The summed E-state index contributed by atoms with van der Waals surface area (Å²) in [5, 5.41) is 0.